The SMILES string of the molecule is O=C(Nc1nnc(-c2ccccc2F)s1)[C@@H]1CCCO1. The van der Waals surface area contributed by atoms with Gasteiger partial charge in [-0.15, -0.1) is 10.2 Å². The quantitative estimate of drug-likeness (QED) is 0.944. The van der Waals surface area contributed by atoms with Crippen molar-refractivity contribution in [3.63, 3.8) is 0 Å². The first-order chi connectivity index (χ1) is 9.74. The van der Waals surface area contributed by atoms with Gasteiger partial charge in [-0.3, -0.25) is 10.1 Å². The number of aromatic nitrogens is 2. The Morgan fingerprint density at radius 3 is 3.00 bits per heavy atom. The minimum absolute atomic E-state index is 0.223. The summed E-state index contributed by atoms with van der Waals surface area (Å²) in [6.45, 7) is 0.606. The number of benzene rings is 1. The highest BCUT2D eigenvalue weighted by Crippen LogP contribution is 2.28. The zero-order valence-corrected chi connectivity index (χ0v) is 11.3. The molecule has 2 aromatic rings. The van der Waals surface area contributed by atoms with Gasteiger partial charge >= 0.3 is 0 Å². The Morgan fingerprint density at radius 1 is 1.40 bits per heavy atom. The van der Waals surface area contributed by atoms with E-state index in [1.807, 2.05) is 0 Å². The van der Waals surface area contributed by atoms with Gasteiger partial charge in [-0.25, -0.2) is 4.39 Å². The second-order valence-electron chi connectivity index (χ2n) is 4.38. The average Bonchev–Trinajstić information content (AvgIpc) is 3.10. The topological polar surface area (TPSA) is 64.1 Å². The van der Waals surface area contributed by atoms with Crippen LogP contribution < -0.4 is 5.32 Å². The molecule has 1 aromatic carbocycles. The predicted octanol–water partition coefficient (Wildman–Crippen LogP) is 2.46. The Kier molecular flexibility index (Phi) is 3.70. The largest absolute Gasteiger partial charge is 0.368 e. The van der Waals surface area contributed by atoms with Crippen LogP contribution in [-0.4, -0.2) is 28.8 Å². The van der Waals surface area contributed by atoms with E-state index in [4.69, 9.17) is 4.74 Å². The first kappa shape index (κ1) is 13.1. The maximum Gasteiger partial charge on any atom is 0.255 e. The predicted molar refractivity (Wildman–Crippen MR) is 72.9 cm³/mol. The third kappa shape index (κ3) is 2.68. The molecule has 3 rings (SSSR count). The van der Waals surface area contributed by atoms with Gasteiger partial charge in [-0.2, -0.15) is 0 Å². The molecular formula is C13H12FN3O2S. The molecule has 7 heteroatoms. The highest BCUT2D eigenvalue weighted by molar-refractivity contribution is 7.18. The molecular weight excluding hydrogens is 281 g/mol. The number of nitrogens with one attached hydrogen (secondary N) is 1. The van der Waals surface area contributed by atoms with Crippen LogP contribution in [0.25, 0.3) is 10.6 Å². The van der Waals surface area contributed by atoms with E-state index in [0.29, 0.717) is 28.7 Å². The minimum atomic E-state index is -0.421. The fourth-order valence-corrected chi connectivity index (χ4v) is 2.76. The van der Waals surface area contributed by atoms with E-state index in [0.717, 1.165) is 17.8 Å². The Labute approximate surface area is 118 Å². The molecule has 2 heterocycles. The first-order valence-electron chi connectivity index (χ1n) is 6.25. The van der Waals surface area contributed by atoms with Crippen LogP contribution in [-0.2, 0) is 9.53 Å². The summed E-state index contributed by atoms with van der Waals surface area (Å²) >= 11 is 1.14. The van der Waals surface area contributed by atoms with Crippen molar-refractivity contribution in [1.82, 2.24) is 10.2 Å². The normalized spacial score (nSPS) is 18.1. The molecule has 20 heavy (non-hydrogen) atoms. The lowest BCUT2D eigenvalue weighted by Crippen LogP contribution is -2.26. The Morgan fingerprint density at radius 2 is 2.25 bits per heavy atom. The summed E-state index contributed by atoms with van der Waals surface area (Å²) in [5.41, 5.74) is 0.377. The van der Waals surface area contributed by atoms with Gasteiger partial charge in [0, 0.05) is 12.2 Å². The molecule has 1 aromatic heterocycles. The number of amides is 1. The second-order valence-corrected chi connectivity index (χ2v) is 5.36. The van der Waals surface area contributed by atoms with Crippen molar-refractivity contribution in [3.8, 4) is 10.6 Å². The number of carbonyl (C=O) groups excluding carboxylic acids is 1. The number of nitrogens with zero attached hydrogens (tertiary/aromatic N) is 2. The van der Waals surface area contributed by atoms with Crippen LogP contribution in [0.15, 0.2) is 24.3 Å². The summed E-state index contributed by atoms with van der Waals surface area (Å²) in [6.07, 6.45) is 1.18. The van der Waals surface area contributed by atoms with E-state index in [9.17, 15) is 9.18 Å². The van der Waals surface area contributed by atoms with Gasteiger partial charge in [-0.05, 0) is 25.0 Å². The van der Waals surface area contributed by atoms with Gasteiger partial charge in [0.25, 0.3) is 5.91 Å². The highest BCUT2D eigenvalue weighted by Gasteiger charge is 2.24. The summed E-state index contributed by atoms with van der Waals surface area (Å²) in [5.74, 6) is -0.584. The van der Waals surface area contributed by atoms with E-state index >= 15 is 0 Å². The van der Waals surface area contributed by atoms with E-state index in [1.54, 1.807) is 18.2 Å². The molecule has 0 radical (unpaired) electrons. The Hall–Kier alpha value is -1.86. The lowest BCUT2D eigenvalue weighted by molar-refractivity contribution is -0.124. The number of carbonyl (C=O) groups is 1. The first-order valence-corrected chi connectivity index (χ1v) is 7.06. The zero-order chi connectivity index (χ0) is 13.9. The van der Waals surface area contributed by atoms with Crippen molar-refractivity contribution in [3.05, 3.63) is 30.1 Å². The molecule has 1 saturated heterocycles. The molecule has 1 aliphatic rings. The van der Waals surface area contributed by atoms with Crippen molar-refractivity contribution in [2.75, 3.05) is 11.9 Å². The molecule has 1 fully saturated rings. The molecule has 5 nitrogen and oxygen atoms in total. The van der Waals surface area contributed by atoms with Crippen molar-refractivity contribution in [1.29, 1.82) is 0 Å². The van der Waals surface area contributed by atoms with Gasteiger partial charge in [0.2, 0.25) is 5.13 Å². The summed E-state index contributed by atoms with van der Waals surface area (Å²) in [4.78, 5) is 11.9. The van der Waals surface area contributed by atoms with Crippen LogP contribution in [0.5, 0.6) is 0 Å². The molecule has 104 valence electrons. The van der Waals surface area contributed by atoms with Crippen molar-refractivity contribution in [2.24, 2.45) is 0 Å². The summed E-state index contributed by atoms with van der Waals surface area (Å²) in [7, 11) is 0. The molecule has 1 aliphatic heterocycles. The third-order valence-corrected chi connectivity index (χ3v) is 3.85. The monoisotopic (exact) mass is 293 g/mol. The van der Waals surface area contributed by atoms with Crippen molar-refractivity contribution in [2.45, 2.75) is 18.9 Å². The zero-order valence-electron chi connectivity index (χ0n) is 10.5. The molecule has 0 aliphatic carbocycles. The van der Waals surface area contributed by atoms with Gasteiger partial charge in [0.05, 0.1) is 0 Å². The molecule has 0 spiro atoms. The number of hydrogen-bond acceptors (Lipinski definition) is 5. The number of hydrogen-bond donors (Lipinski definition) is 1. The number of rotatable bonds is 3. The maximum absolute atomic E-state index is 13.6. The van der Waals surface area contributed by atoms with Crippen LogP contribution in [0.2, 0.25) is 0 Å². The Balaban J connectivity index is 1.74. The van der Waals surface area contributed by atoms with Crippen molar-refractivity contribution >= 4 is 22.4 Å². The highest BCUT2D eigenvalue weighted by atomic mass is 32.1. The lowest BCUT2D eigenvalue weighted by Gasteiger charge is -2.06. The maximum atomic E-state index is 13.6. The van der Waals surface area contributed by atoms with Crippen LogP contribution in [0, 0.1) is 5.82 Å². The lowest BCUT2D eigenvalue weighted by atomic mass is 10.2. The van der Waals surface area contributed by atoms with Gasteiger partial charge in [-0.1, -0.05) is 23.5 Å². The van der Waals surface area contributed by atoms with E-state index in [1.165, 1.54) is 6.07 Å². The Bertz CT molecular complexity index is 626. The third-order valence-electron chi connectivity index (χ3n) is 2.98. The second kappa shape index (κ2) is 5.64. The van der Waals surface area contributed by atoms with Crippen LogP contribution in [0.1, 0.15) is 12.8 Å². The van der Waals surface area contributed by atoms with Crippen LogP contribution in [0.4, 0.5) is 9.52 Å². The van der Waals surface area contributed by atoms with Gasteiger partial charge in [0.15, 0.2) is 5.01 Å². The van der Waals surface area contributed by atoms with Crippen LogP contribution >= 0.6 is 11.3 Å². The number of halogens is 1. The fraction of sp³-hybridized carbons (Fsp3) is 0.308. The van der Waals surface area contributed by atoms with Crippen LogP contribution in [0.3, 0.4) is 0 Å². The summed E-state index contributed by atoms with van der Waals surface area (Å²) in [6, 6.07) is 6.33. The smallest absolute Gasteiger partial charge is 0.255 e. The van der Waals surface area contributed by atoms with Gasteiger partial charge in [0.1, 0.15) is 11.9 Å². The molecule has 1 atom stereocenters. The number of ether oxygens (including phenoxy) is 1. The summed E-state index contributed by atoms with van der Waals surface area (Å²) < 4.78 is 18.9. The van der Waals surface area contributed by atoms with E-state index < -0.39 is 6.10 Å². The minimum Gasteiger partial charge on any atom is -0.368 e. The molecule has 0 saturated carbocycles. The summed E-state index contributed by atoms with van der Waals surface area (Å²) in [5, 5.41) is 11.2. The molecule has 0 unspecified atom stereocenters. The standard InChI is InChI=1S/C13H12FN3O2S/c14-9-5-2-1-4-8(9)12-16-17-13(20-12)15-11(18)10-6-3-7-19-10/h1-2,4-5,10H,3,6-7H2,(H,15,17,18)/t10-/m0/s1. The van der Waals surface area contributed by atoms with E-state index in [-0.39, 0.29) is 11.7 Å². The van der Waals surface area contributed by atoms with Gasteiger partial charge < -0.3 is 4.74 Å². The van der Waals surface area contributed by atoms with Crippen molar-refractivity contribution < 1.29 is 13.9 Å². The average molecular weight is 293 g/mol. The molecule has 0 bridgehead atoms. The fourth-order valence-electron chi connectivity index (χ4n) is 1.99. The van der Waals surface area contributed by atoms with E-state index in [2.05, 4.69) is 15.5 Å². The molecule has 1 N–H and O–H groups in total. The number of anilines is 1. The molecule has 1 amide bonds.